The van der Waals surface area contributed by atoms with Crippen LogP contribution in [0.25, 0.3) is 0 Å². The average molecular weight is 317 g/mol. The van der Waals surface area contributed by atoms with Gasteiger partial charge in [-0.15, -0.1) is 0 Å². The number of hydrogen-bond acceptors (Lipinski definition) is 4. The van der Waals surface area contributed by atoms with Crippen LogP contribution in [0.4, 0.5) is 9.18 Å². The zero-order chi connectivity index (χ0) is 16.1. The number of carbonyl (C=O) groups is 1. The smallest absolute Gasteiger partial charge is 0.315 e. The number of pyridine rings is 1. The Labute approximate surface area is 132 Å². The molecular weight excluding hydrogens is 301 g/mol. The first-order chi connectivity index (χ1) is 11.2. The topological polar surface area (TPSA) is 72.5 Å². The van der Waals surface area contributed by atoms with E-state index in [1.54, 1.807) is 12.4 Å². The van der Waals surface area contributed by atoms with Crippen molar-refractivity contribution in [2.75, 3.05) is 6.79 Å². The van der Waals surface area contributed by atoms with E-state index in [2.05, 4.69) is 15.6 Å². The van der Waals surface area contributed by atoms with Crippen LogP contribution in [0.15, 0.2) is 36.7 Å². The molecule has 0 atom stereocenters. The SMILES string of the molecule is O=C(NCc1ccncc1)NCc1cc(F)cc2c1OCOC2. The summed E-state index contributed by atoms with van der Waals surface area (Å²) in [5, 5.41) is 5.42. The number of urea groups is 1. The van der Waals surface area contributed by atoms with Crippen molar-refractivity contribution in [1.82, 2.24) is 15.6 Å². The number of nitrogens with one attached hydrogen (secondary N) is 2. The molecule has 0 saturated carbocycles. The van der Waals surface area contributed by atoms with Crippen LogP contribution in [-0.2, 0) is 24.4 Å². The van der Waals surface area contributed by atoms with Gasteiger partial charge in [0.15, 0.2) is 6.79 Å². The predicted molar refractivity (Wildman–Crippen MR) is 80.0 cm³/mol. The summed E-state index contributed by atoms with van der Waals surface area (Å²) in [5.74, 6) is 0.193. The normalized spacial score (nSPS) is 12.9. The van der Waals surface area contributed by atoms with Gasteiger partial charge in [0, 0.05) is 36.6 Å². The van der Waals surface area contributed by atoms with Gasteiger partial charge in [-0.25, -0.2) is 9.18 Å². The lowest BCUT2D eigenvalue weighted by Gasteiger charge is -2.21. The maximum absolute atomic E-state index is 13.6. The van der Waals surface area contributed by atoms with E-state index in [1.165, 1.54) is 12.1 Å². The predicted octanol–water partition coefficient (Wildman–Crippen LogP) is 2.09. The molecule has 2 aromatic rings. The molecule has 1 aromatic heterocycles. The summed E-state index contributed by atoms with van der Waals surface area (Å²) < 4.78 is 24.1. The van der Waals surface area contributed by atoms with E-state index in [4.69, 9.17) is 9.47 Å². The first kappa shape index (κ1) is 15.2. The van der Waals surface area contributed by atoms with Gasteiger partial charge in [0.1, 0.15) is 11.6 Å². The molecule has 1 aliphatic rings. The van der Waals surface area contributed by atoms with Crippen LogP contribution in [0, 0.1) is 5.82 Å². The molecule has 3 rings (SSSR count). The summed E-state index contributed by atoms with van der Waals surface area (Å²) >= 11 is 0. The van der Waals surface area contributed by atoms with Gasteiger partial charge in [-0.05, 0) is 29.8 Å². The van der Waals surface area contributed by atoms with Crippen LogP contribution in [0.1, 0.15) is 16.7 Å². The highest BCUT2D eigenvalue weighted by atomic mass is 19.1. The van der Waals surface area contributed by atoms with Crippen molar-refractivity contribution in [2.24, 2.45) is 0 Å². The summed E-state index contributed by atoms with van der Waals surface area (Å²) in [6.45, 7) is 0.983. The standard InChI is InChI=1S/C16H16FN3O3/c17-14-5-12(15-13(6-14)9-22-10-23-15)8-20-16(21)19-7-11-1-3-18-4-2-11/h1-6H,7-10H2,(H2,19,20,21). The molecule has 23 heavy (non-hydrogen) atoms. The number of benzene rings is 1. The Balaban J connectivity index is 1.58. The van der Waals surface area contributed by atoms with Crippen molar-refractivity contribution < 1.29 is 18.7 Å². The fourth-order valence-corrected chi connectivity index (χ4v) is 2.31. The van der Waals surface area contributed by atoms with Gasteiger partial charge >= 0.3 is 6.03 Å². The lowest BCUT2D eigenvalue weighted by atomic mass is 10.1. The molecule has 0 bridgehead atoms. The van der Waals surface area contributed by atoms with Crippen LogP contribution in [-0.4, -0.2) is 17.8 Å². The second kappa shape index (κ2) is 7.06. The van der Waals surface area contributed by atoms with Crippen LogP contribution in [0.3, 0.4) is 0 Å². The molecule has 1 aliphatic heterocycles. The molecule has 0 fully saturated rings. The van der Waals surface area contributed by atoms with Gasteiger partial charge in [-0.2, -0.15) is 0 Å². The summed E-state index contributed by atoms with van der Waals surface area (Å²) in [7, 11) is 0. The van der Waals surface area contributed by atoms with E-state index >= 15 is 0 Å². The van der Waals surface area contributed by atoms with Crippen LogP contribution in [0.5, 0.6) is 5.75 Å². The van der Waals surface area contributed by atoms with Gasteiger partial charge in [0.2, 0.25) is 0 Å². The molecule has 7 heteroatoms. The molecule has 0 aliphatic carbocycles. The maximum atomic E-state index is 13.6. The zero-order valence-electron chi connectivity index (χ0n) is 12.3. The number of aromatic nitrogens is 1. The van der Waals surface area contributed by atoms with E-state index < -0.39 is 0 Å². The Kier molecular flexibility index (Phi) is 4.68. The number of nitrogens with zero attached hydrogens (tertiary/aromatic N) is 1. The molecule has 2 amide bonds. The molecular formula is C16H16FN3O3. The molecule has 0 spiro atoms. The highest BCUT2D eigenvalue weighted by Gasteiger charge is 2.17. The third-order valence-electron chi connectivity index (χ3n) is 3.39. The lowest BCUT2D eigenvalue weighted by molar-refractivity contribution is -0.0173. The van der Waals surface area contributed by atoms with Crippen LogP contribution >= 0.6 is 0 Å². The number of fused-ring (bicyclic) bond motifs is 1. The molecule has 1 aromatic carbocycles. The quantitative estimate of drug-likeness (QED) is 0.906. The number of hydrogen-bond donors (Lipinski definition) is 2. The highest BCUT2D eigenvalue weighted by molar-refractivity contribution is 5.73. The van der Waals surface area contributed by atoms with Gasteiger partial charge in [0.05, 0.1) is 6.61 Å². The van der Waals surface area contributed by atoms with E-state index in [0.29, 0.717) is 30.0 Å². The van der Waals surface area contributed by atoms with Crippen molar-refractivity contribution in [3.05, 3.63) is 59.2 Å². The van der Waals surface area contributed by atoms with Crippen LogP contribution < -0.4 is 15.4 Å². The first-order valence-electron chi connectivity index (χ1n) is 7.15. The summed E-state index contributed by atoms with van der Waals surface area (Å²) in [5.41, 5.74) is 2.17. The first-order valence-corrected chi connectivity index (χ1v) is 7.15. The molecule has 6 nitrogen and oxygen atoms in total. The van der Waals surface area contributed by atoms with Crippen molar-refractivity contribution in [2.45, 2.75) is 19.7 Å². The van der Waals surface area contributed by atoms with E-state index in [9.17, 15) is 9.18 Å². The van der Waals surface area contributed by atoms with E-state index in [0.717, 1.165) is 5.56 Å². The number of rotatable bonds is 4. The fraction of sp³-hybridized carbons (Fsp3) is 0.250. The maximum Gasteiger partial charge on any atom is 0.315 e. The van der Waals surface area contributed by atoms with Crippen molar-refractivity contribution in [1.29, 1.82) is 0 Å². The van der Waals surface area contributed by atoms with Gasteiger partial charge in [0.25, 0.3) is 0 Å². The number of halogens is 1. The minimum atomic E-state index is -0.383. The van der Waals surface area contributed by atoms with E-state index in [-0.39, 0.29) is 25.2 Å². The number of carbonyl (C=O) groups excluding carboxylic acids is 1. The Morgan fingerprint density at radius 3 is 2.83 bits per heavy atom. The number of ether oxygens (including phenoxy) is 2. The van der Waals surface area contributed by atoms with Crippen molar-refractivity contribution in [3.63, 3.8) is 0 Å². The largest absolute Gasteiger partial charge is 0.467 e. The van der Waals surface area contributed by atoms with Crippen molar-refractivity contribution >= 4 is 6.03 Å². The second-order valence-corrected chi connectivity index (χ2v) is 5.06. The Morgan fingerprint density at radius 2 is 2.00 bits per heavy atom. The molecule has 2 heterocycles. The fourth-order valence-electron chi connectivity index (χ4n) is 2.31. The monoisotopic (exact) mass is 317 g/mol. The van der Waals surface area contributed by atoms with Gasteiger partial charge in [-0.3, -0.25) is 4.98 Å². The zero-order valence-corrected chi connectivity index (χ0v) is 12.3. The molecule has 0 unspecified atom stereocenters. The van der Waals surface area contributed by atoms with Crippen molar-refractivity contribution in [3.8, 4) is 5.75 Å². The van der Waals surface area contributed by atoms with Crippen LogP contribution in [0.2, 0.25) is 0 Å². The Morgan fingerprint density at radius 1 is 1.22 bits per heavy atom. The Hall–Kier alpha value is -2.67. The van der Waals surface area contributed by atoms with E-state index in [1.807, 2.05) is 12.1 Å². The highest BCUT2D eigenvalue weighted by Crippen LogP contribution is 2.29. The lowest BCUT2D eigenvalue weighted by Crippen LogP contribution is -2.34. The molecule has 120 valence electrons. The molecule has 0 saturated heterocycles. The molecule has 2 N–H and O–H groups in total. The van der Waals surface area contributed by atoms with Gasteiger partial charge < -0.3 is 20.1 Å². The minimum absolute atomic E-state index is 0.125. The summed E-state index contributed by atoms with van der Waals surface area (Å²) in [6.07, 6.45) is 3.32. The van der Waals surface area contributed by atoms with Gasteiger partial charge in [-0.1, -0.05) is 0 Å². The third-order valence-corrected chi connectivity index (χ3v) is 3.39. The second-order valence-electron chi connectivity index (χ2n) is 5.06. The molecule has 0 radical (unpaired) electrons. The third kappa shape index (κ3) is 3.95. The number of amides is 2. The average Bonchev–Trinajstić information content (AvgIpc) is 2.58. The summed E-state index contributed by atoms with van der Waals surface area (Å²) in [6, 6.07) is 6.02. The summed E-state index contributed by atoms with van der Waals surface area (Å²) in [4.78, 5) is 15.8. The Bertz CT molecular complexity index is 694. The minimum Gasteiger partial charge on any atom is -0.467 e.